The summed E-state index contributed by atoms with van der Waals surface area (Å²) in [5, 5.41) is 2.97. The van der Waals surface area contributed by atoms with Crippen molar-refractivity contribution in [2.24, 2.45) is 0 Å². The quantitative estimate of drug-likeness (QED) is 0.800. The second-order valence-corrected chi connectivity index (χ2v) is 4.89. The van der Waals surface area contributed by atoms with Gasteiger partial charge in [-0.1, -0.05) is 0 Å². The maximum atomic E-state index is 11.9. The molecule has 0 aliphatic carbocycles. The molecule has 0 fully saturated rings. The number of rotatable bonds is 2. The minimum atomic E-state index is -0.250. The van der Waals surface area contributed by atoms with Crippen molar-refractivity contribution in [3.8, 4) is 0 Å². The molecule has 3 N–H and O–H groups in total. The summed E-state index contributed by atoms with van der Waals surface area (Å²) in [6.07, 6.45) is 1.60. The van der Waals surface area contributed by atoms with Gasteiger partial charge in [-0.15, -0.1) is 11.3 Å². The van der Waals surface area contributed by atoms with E-state index in [1.165, 1.54) is 16.0 Å². The zero-order valence-corrected chi connectivity index (χ0v) is 10.3. The van der Waals surface area contributed by atoms with Crippen molar-refractivity contribution < 1.29 is 0 Å². The van der Waals surface area contributed by atoms with Gasteiger partial charge in [-0.3, -0.25) is 14.7 Å². The molecule has 2 aromatic heterocycles. The fourth-order valence-electron chi connectivity index (χ4n) is 1.45. The van der Waals surface area contributed by atoms with Gasteiger partial charge in [-0.05, 0) is 13.8 Å². The van der Waals surface area contributed by atoms with Crippen LogP contribution in [0.5, 0.6) is 0 Å². The van der Waals surface area contributed by atoms with E-state index in [1.807, 2.05) is 0 Å². The molecule has 6 nitrogen and oxygen atoms in total. The number of nitrogens with zero attached hydrogens (tertiary/aromatic N) is 2. The monoisotopic (exact) mass is 252 g/mol. The molecule has 2 rings (SSSR count). The van der Waals surface area contributed by atoms with E-state index in [2.05, 4.69) is 10.1 Å². The third-order valence-electron chi connectivity index (χ3n) is 2.59. The van der Waals surface area contributed by atoms with Crippen molar-refractivity contribution in [2.75, 3.05) is 5.73 Å². The zero-order valence-electron chi connectivity index (χ0n) is 9.48. The summed E-state index contributed by atoms with van der Waals surface area (Å²) in [4.78, 5) is 28.2. The molecule has 0 aliphatic rings. The van der Waals surface area contributed by atoms with Crippen LogP contribution in [-0.4, -0.2) is 14.8 Å². The largest absolute Gasteiger partial charge is 0.375 e. The number of nitrogen functional groups attached to an aromatic ring is 1. The third-order valence-corrected chi connectivity index (χ3v) is 3.40. The number of hydrogen-bond acceptors (Lipinski definition) is 5. The van der Waals surface area contributed by atoms with Gasteiger partial charge < -0.3 is 5.73 Å². The number of aromatic nitrogens is 3. The van der Waals surface area contributed by atoms with E-state index in [9.17, 15) is 9.59 Å². The number of thiazole rings is 1. The van der Waals surface area contributed by atoms with Crippen LogP contribution in [0.2, 0.25) is 0 Å². The number of anilines is 1. The summed E-state index contributed by atoms with van der Waals surface area (Å²) in [5.74, 6) is 0. The minimum absolute atomic E-state index is 0.200. The fourth-order valence-corrected chi connectivity index (χ4v) is 2.13. The van der Waals surface area contributed by atoms with Crippen molar-refractivity contribution in [3.05, 3.63) is 42.9 Å². The lowest BCUT2D eigenvalue weighted by Gasteiger charge is -2.06. The Bertz CT molecular complexity index is 668. The van der Waals surface area contributed by atoms with E-state index in [1.54, 1.807) is 20.0 Å². The molecule has 90 valence electrons. The van der Waals surface area contributed by atoms with E-state index >= 15 is 0 Å². The molecule has 17 heavy (non-hydrogen) atoms. The predicted octanol–water partition coefficient (Wildman–Crippen LogP) is 0.240. The van der Waals surface area contributed by atoms with Crippen LogP contribution < -0.4 is 16.9 Å². The fraction of sp³-hybridized carbons (Fsp3) is 0.300. The van der Waals surface area contributed by atoms with Crippen LogP contribution in [0.25, 0.3) is 0 Å². The number of aromatic amines is 1. The second-order valence-electron chi connectivity index (χ2n) is 3.75. The molecule has 0 radical (unpaired) electrons. The van der Waals surface area contributed by atoms with Gasteiger partial charge >= 0.3 is 0 Å². The first-order valence-electron chi connectivity index (χ1n) is 4.99. The Morgan fingerprint density at radius 3 is 2.71 bits per heavy atom. The molecule has 0 aromatic carbocycles. The number of hydrogen-bond donors (Lipinski definition) is 2. The highest BCUT2D eigenvalue weighted by molar-refractivity contribution is 7.15. The van der Waals surface area contributed by atoms with Gasteiger partial charge in [0.05, 0.1) is 6.54 Å². The van der Waals surface area contributed by atoms with Gasteiger partial charge in [0.1, 0.15) is 0 Å². The molecule has 7 heteroatoms. The van der Waals surface area contributed by atoms with Crippen LogP contribution in [-0.2, 0) is 6.54 Å². The van der Waals surface area contributed by atoms with Crippen molar-refractivity contribution in [2.45, 2.75) is 20.4 Å². The van der Waals surface area contributed by atoms with Crippen LogP contribution in [0.4, 0.5) is 5.13 Å². The van der Waals surface area contributed by atoms with Crippen molar-refractivity contribution in [1.82, 2.24) is 14.8 Å². The van der Waals surface area contributed by atoms with Crippen LogP contribution >= 0.6 is 11.3 Å². The minimum Gasteiger partial charge on any atom is -0.375 e. The molecular weight excluding hydrogens is 240 g/mol. The normalized spacial score (nSPS) is 10.7. The Kier molecular flexibility index (Phi) is 2.84. The lowest BCUT2D eigenvalue weighted by atomic mass is 10.2. The molecule has 0 amide bonds. The average molecular weight is 252 g/mol. The molecule has 0 saturated carbocycles. The van der Waals surface area contributed by atoms with Crippen molar-refractivity contribution >= 4 is 16.5 Å². The molecule has 2 heterocycles. The smallest absolute Gasteiger partial charge is 0.268 e. The van der Waals surface area contributed by atoms with Crippen LogP contribution in [0, 0.1) is 13.8 Å². The van der Waals surface area contributed by atoms with E-state index in [0.29, 0.717) is 16.3 Å². The molecule has 0 aliphatic heterocycles. The summed E-state index contributed by atoms with van der Waals surface area (Å²) in [6.45, 7) is 3.55. The second kappa shape index (κ2) is 4.17. The number of nitrogens with one attached hydrogen (secondary N) is 1. The van der Waals surface area contributed by atoms with E-state index in [-0.39, 0.29) is 17.7 Å². The Hall–Kier alpha value is -1.89. The summed E-state index contributed by atoms with van der Waals surface area (Å²) in [5.41, 5.74) is 5.97. The van der Waals surface area contributed by atoms with Gasteiger partial charge in [0, 0.05) is 22.2 Å². The molecule has 0 saturated heterocycles. The van der Waals surface area contributed by atoms with Crippen molar-refractivity contribution in [3.63, 3.8) is 0 Å². The van der Waals surface area contributed by atoms with Crippen LogP contribution in [0.15, 0.2) is 15.8 Å². The Labute approximate surface area is 101 Å². The Balaban J connectivity index is 2.47. The van der Waals surface area contributed by atoms with Gasteiger partial charge in [-0.25, -0.2) is 9.67 Å². The molecular formula is C10H12N4O2S. The molecule has 0 unspecified atom stereocenters. The summed E-state index contributed by atoms with van der Waals surface area (Å²) in [7, 11) is 0. The molecule has 0 atom stereocenters. The first-order valence-corrected chi connectivity index (χ1v) is 5.81. The van der Waals surface area contributed by atoms with Crippen LogP contribution in [0.1, 0.15) is 16.0 Å². The van der Waals surface area contributed by atoms with E-state index in [4.69, 9.17) is 5.73 Å². The Morgan fingerprint density at radius 2 is 2.12 bits per heavy atom. The lowest BCUT2D eigenvalue weighted by molar-refractivity contribution is 0.623. The van der Waals surface area contributed by atoms with Gasteiger partial charge in [0.2, 0.25) is 0 Å². The molecule has 0 bridgehead atoms. The maximum absolute atomic E-state index is 11.9. The number of H-pyrrole nitrogens is 1. The number of nitrogens with two attached hydrogens (primary N) is 1. The molecule has 0 spiro atoms. The van der Waals surface area contributed by atoms with Gasteiger partial charge in [0.15, 0.2) is 5.13 Å². The maximum Gasteiger partial charge on any atom is 0.268 e. The van der Waals surface area contributed by atoms with Gasteiger partial charge in [0.25, 0.3) is 11.1 Å². The van der Waals surface area contributed by atoms with Crippen molar-refractivity contribution in [1.29, 1.82) is 0 Å². The first-order chi connectivity index (χ1) is 7.99. The lowest BCUT2D eigenvalue weighted by Crippen LogP contribution is -2.33. The van der Waals surface area contributed by atoms with Crippen LogP contribution in [0.3, 0.4) is 0 Å². The average Bonchev–Trinajstić information content (AvgIpc) is 2.69. The van der Waals surface area contributed by atoms with E-state index < -0.39 is 0 Å². The standard InChI is InChI=1S/C10H12N4O2S/c1-5-6(2)9(16)14(13-8(5)15)4-7-3-12-10(11)17-7/h3H,4H2,1-2H3,(H2,11,12)(H,13,15). The highest BCUT2D eigenvalue weighted by Gasteiger charge is 2.08. The third kappa shape index (κ3) is 2.14. The topological polar surface area (TPSA) is 93.8 Å². The predicted molar refractivity (Wildman–Crippen MR) is 66.4 cm³/mol. The summed E-state index contributed by atoms with van der Waals surface area (Å²) in [6, 6.07) is 0. The Morgan fingerprint density at radius 1 is 1.41 bits per heavy atom. The SMILES string of the molecule is Cc1c(C)c(=O)n(Cc2cnc(N)s2)[nH]c1=O. The zero-order chi connectivity index (χ0) is 12.6. The highest BCUT2D eigenvalue weighted by Crippen LogP contribution is 2.14. The van der Waals surface area contributed by atoms with Gasteiger partial charge in [-0.2, -0.15) is 0 Å². The summed E-state index contributed by atoms with van der Waals surface area (Å²) >= 11 is 1.29. The molecule has 2 aromatic rings. The van der Waals surface area contributed by atoms with E-state index in [0.717, 1.165) is 4.88 Å². The first kappa shape index (κ1) is 11.6. The highest BCUT2D eigenvalue weighted by atomic mass is 32.1. The summed E-state index contributed by atoms with van der Waals surface area (Å²) < 4.78 is 1.28.